The molecule has 0 saturated heterocycles. The van der Waals surface area contributed by atoms with Crippen molar-refractivity contribution in [2.24, 2.45) is 0 Å². The van der Waals surface area contributed by atoms with Gasteiger partial charge >= 0.3 is 11.9 Å². The van der Waals surface area contributed by atoms with Crippen molar-refractivity contribution in [2.75, 3.05) is 6.61 Å². The molecule has 0 radical (unpaired) electrons. The Kier molecular flexibility index (Phi) is 7.34. The molecule has 0 aliphatic heterocycles. The molecule has 30 heavy (non-hydrogen) atoms. The van der Waals surface area contributed by atoms with Gasteiger partial charge in [-0.15, -0.1) is 0 Å². The number of benzene rings is 3. The van der Waals surface area contributed by atoms with Gasteiger partial charge in [0.25, 0.3) is 0 Å². The van der Waals surface area contributed by atoms with Gasteiger partial charge in [-0.25, -0.2) is 4.79 Å². The number of halogens is 1. The lowest BCUT2D eigenvalue weighted by atomic mass is 10.2. The van der Waals surface area contributed by atoms with Crippen LogP contribution in [0.2, 0.25) is 0 Å². The standard InChI is InChI=1S/C24H22BrO4S/c1-24(2,25)23(27)28-17-22(26)29-18-13-15-21(16-14-18)30(19-9-5-3-6-10-19)20-11-7-4-8-12-20/h3-16H,17H2,1-2H3/q+1. The summed E-state index contributed by atoms with van der Waals surface area (Å²) < 4.78 is 9.41. The average Bonchev–Trinajstić information content (AvgIpc) is 2.74. The third kappa shape index (κ3) is 5.97. The van der Waals surface area contributed by atoms with Crippen LogP contribution in [0.5, 0.6) is 5.75 Å². The molecule has 0 spiro atoms. The van der Waals surface area contributed by atoms with Crippen molar-refractivity contribution < 1.29 is 19.1 Å². The third-order valence-corrected chi connectivity index (χ3v) is 6.61. The molecule has 0 aromatic heterocycles. The van der Waals surface area contributed by atoms with Gasteiger partial charge in [-0.1, -0.05) is 52.3 Å². The maximum absolute atomic E-state index is 12.0. The zero-order chi connectivity index (χ0) is 21.6. The Hall–Kier alpha value is -2.57. The Labute approximate surface area is 187 Å². The van der Waals surface area contributed by atoms with Gasteiger partial charge in [0.1, 0.15) is 10.1 Å². The first kappa shape index (κ1) is 22.1. The first-order valence-corrected chi connectivity index (χ1v) is 11.4. The van der Waals surface area contributed by atoms with E-state index in [1.807, 2.05) is 48.5 Å². The summed E-state index contributed by atoms with van der Waals surface area (Å²) in [5.74, 6) is -0.745. The van der Waals surface area contributed by atoms with Crippen molar-refractivity contribution in [1.82, 2.24) is 0 Å². The second-order valence-electron chi connectivity index (χ2n) is 6.93. The predicted molar refractivity (Wildman–Crippen MR) is 121 cm³/mol. The number of hydrogen-bond donors (Lipinski definition) is 0. The summed E-state index contributed by atoms with van der Waals surface area (Å²) in [5, 5.41) is 0. The predicted octanol–water partition coefficient (Wildman–Crippen LogP) is 5.40. The van der Waals surface area contributed by atoms with Crippen LogP contribution in [0.4, 0.5) is 0 Å². The molecule has 0 heterocycles. The van der Waals surface area contributed by atoms with Crippen molar-refractivity contribution in [3.05, 3.63) is 84.9 Å². The second-order valence-corrected chi connectivity index (χ2v) is 10.9. The summed E-state index contributed by atoms with van der Waals surface area (Å²) in [7, 11) is -0.270. The van der Waals surface area contributed by atoms with Crippen LogP contribution in [0.3, 0.4) is 0 Å². The molecule has 3 aromatic carbocycles. The molecule has 6 heteroatoms. The first-order chi connectivity index (χ1) is 14.3. The molecular weight excluding hydrogens is 464 g/mol. The van der Waals surface area contributed by atoms with Gasteiger partial charge in [-0.2, -0.15) is 0 Å². The molecule has 0 saturated carbocycles. The highest BCUT2D eigenvalue weighted by molar-refractivity contribution is 9.10. The maximum atomic E-state index is 12.0. The van der Waals surface area contributed by atoms with Crippen LogP contribution in [-0.2, 0) is 25.2 Å². The van der Waals surface area contributed by atoms with Crippen molar-refractivity contribution in [3.8, 4) is 5.75 Å². The topological polar surface area (TPSA) is 52.6 Å². The zero-order valence-corrected chi connectivity index (χ0v) is 19.1. The van der Waals surface area contributed by atoms with Crippen LogP contribution >= 0.6 is 15.9 Å². The average molecular weight is 486 g/mol. The summed E-state index contributed by atoms with van der Waals surface area (Å²) in [4.78, 5) is 27.3. The van der Waals surface area contributed by atoms with Gasteiger partial charge in [0.2, 0.25) is 0 Å². The van der Waals surface area contributed by atoms with E-state index in [-0.39, 0.29) is 10.9 Å². The number of carbonyl (C=O) groups is 2. The van der Waals surface area contributed by atoms with E-state index in [2.05, 4.69) is 40.2 Å². The summed E-state index contributed by atoms with van der Waals surface area (Å²) in [5.41, 5.74) is 0. The van der Waals surface area contributed by atoms with Gasteiger partial charge < -0.3 is 9.47 Å². The number of carbonyl (C=O) groups excluding carboxylic acids is 2. The number of esters is 2. The first-order valence-electron chi connectivity index (χ1n) is 9.36. The molecule has 0 atom stereocenters. The largest absolute Gasteiger partial charge is 0.453 e. The fourth-order valence-electron chi connectivity index (χ4n) is 2.62. The minimum absolute atomic E-state index is 0.270. The van der Waals surface area contributed by atoms with Crippen LogP contribution in [0.25, 0.3) is 0 Å². The van der Waals surface area contributed by atoms with E-state index >= 15 is 0 Å². The van der Waals surface area contributed by atoms with E-state index in [0.717, 1.165) is 4.90 Å². The van der Waals surface area contributed by atoms with E-state index in [4.69, 9.17) is 9.47 Å². The summed E-state index contributed by atoms with van der Waals surface area (Å²) in [6, 6.07) is 28.0. The highest BCUT2D eigenvalue weighted by Gasteiger charge is 2.29. The second kappa shape index (κ2) is 9.96. The van der Waals surface area contributed by atoms with Crippen molar-refractivity contribution >= 4 is 38.8 Å². The van der Waals surface area contributed by atoms with E-state index in [1.165, 1.54) is 9.79 Å². The highest BCUT2D eigenvalue weighted by atomic mass is 79.9. The van der Waals surface area contributed by atoms with E-state index in [9.17, 15) is 9.59 Å². The van der Waals surface area contributed by atoms with Crippen molar-refractivity contribution in [1.29, 1.82) is 0 Å². The van der Waals surface area contributed by atoms with E-state index in [1.54, 1.807) is 26.0 Å². The Morgan fingerprint density at radius 3 is 1.73 bits per heavy atom. The lowest BCUT2D eigenvalue weighted by Crippen LogP contribution is -2.29. The molecule has 154 valence electrons. The third-order valence-electron chi connectivity index (χ3n) is 4.06. The SMILES string of the molecule is CC(C)(Br)C(=O)OCC(=O)Oc1ccc([S+](c2ccccc2)c2ccccc2)cc1. The molecule has 3 aromatic rings. The molecule has 0 aliphatic carbocycles. The monoisotopic (exact) mass is 485 g/mol. The molecule has 0 fully saturated rings. The molecular formula is C24H22BrO4S+. The van der Waals surface area contributed by atoms with Gasteiger partial charge in [0.05, 0.1) is 10.9 Å². The van der Waals surface area contributed by atoms with Crippen LogP contribution in [-0.4, -0.2) is 22.9 Å². The molecule has 0 N–H and O–H groups in total. The van der Waals surface area contributed by atoms with Gasteiger partial charge in [-0.05, 0) is 62.4 Å². The maximum Gasteiger partial charge on any atom is 0.349 e. The lowest BCUT2D eigenvalue weighted by molar-refractivity contribution is -0.154. The fraction of sp³-hybridized carbons (Fsp3) is 0.167. The van der Waals surface area contributed by atoms with Gasteiger partial charge in [0.15, 0.2) is 21.3 Å². The molecule has 0 bridgehead atoms. The zero-order valence-electron chi connectivity index (χ0n) is 16.7. The minimum Gasteiger partial charge on any atom is -0.453 e. The van der Waals surface area contributed by atoms with Crippen LogP contribution in [0.1, 0.15) is 13.8 Å². The normalized spacial score (nSPS) is 11.2. The Morgan fingerprint density at radius 2 is 1.27 bits per heavy atom. The summed E-state index contributed by atoms with van der Waals surface area (Å²) in [6.45, 7) is 2.86. The van der Waals surface area contributed by atoms with Crippen LogP contribution in [0.15, 0.2) is 99.6 Å². The van der Waals surface area contributed by atoms with Crippen molar-refractivity contribution in [3.63, 3.8) is 0 Å². The van der Waals surface area contributed by atoms with Gasteiger partial charge in [-0.3, -0.25) is 4.79 Å². The number of alkyl halides is 1. The minimum atomic E-state index is -0.847. The van der Waals surface area contributed by atoms with E-state index in [0.29, 0.717) is 5.75 Å². The number of rotatable bonds is 7. The molecule has 0 aliphatic rings. The van der Waals surface area contributed by atoms with Crippen LogP contribution < -0.4 is 4.74 Å². The van der Waals surface area contributed by atoms with Crippen molar-refractivity contribution in [2.45, 2.75) is 32.9 Å². The highest BCUT2D eigenvalue weighted by Crippen LogP contribution is 2.31. The quantitative estimate of drug-likeness (QED) is 0.194. The molecule has 3 rings (SSSR count). The Bertz CT molecular complexity index is 944. The Balaban J connectivity index is 1.73. The summed E-state index contributed by atoms with van der Waals surface area (Å²) >= 11 is 3.19. The number of hydrogen-bond acceptors (Lipinski definition) is 4. The summed E-state index contributed by atoms with van der Waals surface area (Å²) in [6.07, 6.45) is 0. The van der Waals surface area contributed by atoms with E-state index < -0.39 is 22.9 Å². The lowest BCUT2D eigenvalue weighted by Gasteiger charge is -2.14. The fourth-order valence-corrected chi connectivity index (χ4v) is 4.82. The molecule has 4 nitrogen and oxygen atoms in total. The van der Waals surface area contributed by atoms with Gasteiger partial charge in [0, 0.05) is 0 Å². The Morgan fingerprint density at radius 1 is 0.800 bits per heavy atom. The van der Waals surface area contributed by atoms with Crippen LogP contribution in [0, 0.1) is 0 Å². The smallest absolute Gasteiger partial charge is 0.349 e. The molecule has 0 amide bonds. The number of ether oxygens (including phenoxy) is 2. The molecule has 0 unspecified atom stereocenters.